The molecule has 0 saturated heterocycles. The molecule has 3 N–H and O–H groups in total. The van der Waals surface area contributed by atoms with Crippen molar-refractivity contribution >= 4 is 44.5 Å². The highest BCUT2D eigenvalue weighted by molar-refractivity contribution is 7.18. The van der Waals surface area contributed by atoms with Gasteiger partial charge in [0.2, 0.25) is 0 Å². The van der Waals surface area contributed by atoms with E-state index in [-0.39, 0.29) is 9.88 Å². The molecule has 0 bridgehead atoms. The van der Waals surface area contributed by atoms with E-state index in [0.29, 0.717) is 16.5 Å². The van der Waals surface area contributed by atoms with Gasteiger partial charge in [-0.25, -0.2) is 0 Å². The van der Waals surface area contributed by atoms with Crippen LogP contribution in [0.25, 0.3) is 0 Å². The van der Waals surface area contributed by atoms with Gasteiger partial charge < -0.3 is 11.1 Å². The average Bonchev–Trinajstić information content (AvgIpc) is 3.10. The molecule has 7 nitrogen and oxygen atoms in total. The first-order valence-corrected chi connectivity index (χ1v) is 9.00. The lowest BCUT2D eigenvalue weighted by atomic mass is 9.87. The van der Waals surface area contributed by atoms with Crippen molar-refractivity contribution < 1.29 is 14.5 Å². The maximum Gasteiger partial charge on any atom is 0.324 e. The van der Waals surface area contributed by atoms with Gasteiger partial charge in [0.15, 0.2) is 0 Å². The van der Waals surface area contributed by atoms with Gasteiger partial charge in [-0.3, -0.25) is 19.7 Å². The number of aryl methyl sites for hydroxylation is 1. The smallest absolute Gasteiger partial charge is 0.324 e. The van der Waals surface area contributed by atoms with Gasteiger partial charge >= 0.3 is 5.00 Å². The summed E-state index contributed by atoms with van der Waals surface area (Å²) in [7, 11) is 0. The van der Waals surface area contributed by atoms with E-state index in [1.807, 2.05) is 0 Å². The van der Waals surface area contributed by atoms with Crippen LogP contribution < -0.4 is 11.1 Å². The van der Waals surface area contributed by atoms with Gasteiger partial charge in [0, 0.05) is 10.9 Å². The van der Waals surface area contributed by atoms with E-state index in [0.717, 1.165) is 41.0 Å². The van der Waals surface area contributed by atoms with Crippen LogP contribution in [0.5, 0.6) is 0 Å². The number of hydrogen-bond donors (Lipinski definition) is 2. The van der Waals surface area contributed by atoms with Crippen LogP contribution in [0.3, 0.4) is 0 Å². The van der Waals surface area contributed by atoms with Crippen molar-refractivity contribution in [3.05, 3.63) is 43.1 Å². The Bertz CT molecular complexity index is 840. The number of nitrogens with two attached hydrogens (primary N) is 1. The number of primary amides is 1. The number of carbonyl (C=O) groups is 2. The first-order valence-electron chi connectivity index (χ1n) is 7.36. The van der Waals surface area contributed by atoms with Crippen LogP contribution in [-0.4, -0.2) is 16.7 Å². The van der Waals surface area contributed by atoms with Gasteiger partial charge in [0.1, 0.15) is 5.00 Å². The Labute approximate surface area is 145 Å². The van der Waals surface area contributed by atoms with E-state index >= 15 is 0 Å². The minimum absolute atomic E-state index is 0.102. The summed E-state index contributed by atoms with van der Waals surface area (Å²) in [6.45, 7) is 2.12. The second kappa shape index (κ2) is 6.33. The van der Waals surface area contributed by atoms with Crippen LogP contribution in [0.2, 0.25) is 0 Å². The molecule has 2 heterocycles. The quantitative estimate of drug-likeness (QED) is 0.639. The summed E-state index contributed by atoms with van der Waals surface area (Å²) in [5.41, 5.74) is 6.82. The summed E-state index contributed by atoms with van der Waals surface area (Å²) in [4.78, 5) is 35.7. The molecule has 0 aromatic carbocycles. The molecule has 0 unspecified atom stereocenters. The average molecular weight is 365 g/mol. The van der Waals surface area contributed by atoms with Gasteiger partial charge in [-0.15, -0.1) is 11.3 Å². The highest BCUT2D eigenvalue weighted by atomic mass is 32.1. The van der Waals surface area contributed by atoms with Crippen LogP contribution in [0.4, 0.5) is 10.0 Å². The predicted octanol–water partition coefficient (Wildman–Crippen LogP) is 3.19. The first-order chi connectivity index (χ1) is 11.4. The van der Waals surface area contributed by atoms with Crippen molar-refractivity contribution in [1.82, 2.24) is 0 Å². The van der Waals surface area contributed by atoms with Crippen LogP contribution in [0.15, 0.2) is 12.1 Å². The Morgan fingerprint density at radius 2 is 2.12 bits per heavy atom. The normalized spacial score (nSPS) is 16.5. The SMILES string of the molecule is C[C@H]1CCc2sc(NC(=O)c3ccc([N+](=O)[O-])s3)c(C(N)=O)c2C1. The van der Waals surface area contributed by atoms with Crippen molar-refractivity contribution in [3.63, 3.8) is 0 Å². The van der Waals surface area contributed by atoms with Gasteiger partial charge in [-0.2, -0.15) is 0 Å². The minimum atomic E-state index is -0.561. The molecule has 24 heavy (non-hydrogen) atoms. The number of nitrogens with zero attached hydrogens (tertiary/aromatic N) is 1. The number of anilines is 1. The second-order valence-corrected chi connectivity index (χ2v) is 7.94. The molecule has 1 aliphatic carbocycles. The Morgan fingerprint density at radius 3 is 2.75 bits per heavy atom. The van der Waals surface area contributed by atoms with Crippen LogP contribution in [0.1, 0.15) is 43.8 Å². The van der Waals surface area contributed by atoms with Gasteiger partial charge in [-0.05, 0) is 36.8 Å². The summed E-state index contributed by atoms with van der Waals surface area (Å²) >= 11 is 2.16. The Balaban J connectivity index is 1.90. The monoisotopic (exact) mass is 365 g/mol. The number of amides is 2. The predicted molar refractivity (Wildman–Crippen MR) is 93.0 cm³/mol. The highest BCUT2D eigenvalue weighted by Crippen LogP contribution is 2.39. The lowest BCUT2D eigenvalue weighted by Gasteiger charge is -2.18. The molecule has 2 aromatic heterocycles. The lowest BCUT2D eigenvalue weighted by molar-refractivity contribution is -0.380. The molecule has 0 saturated carbocycles. The van der Waals surface area contributed by atoms with Crippen LogP contribution in [0, 0.1) is 16.0 Å². The lowest BCUT2D eigenvalue weighted by Crippen LogP contribution is -2.19. The number of carbonyl (C=O) groups excluding carboxylic acids is 2. The molecule has 1 aliphatic rings. The van der Waals surface area contributed by atoms with E-state index in [4.69, 9.17) is 5.73 Å². The minimum Gasteiger partial charge on any atom is -0.365 e. The number of rotatable bonds is 4. The third kappa shape index (κ3) is 3.04. The zero-order valence-corrected chi connectivity index (χ0v) is 14.5. The van der Waals surface area contributed by atoms with Crippen molar-refractivity contribution in [3.8, 4) is 0 Å². The first kappa shape index (κ1) is 16.6. The summed E-state index contributed by atoms with van der Waals surface area (Å²) in [5, 5.41) is 13.8. The standard InChI is InChI=1S/C15H15N3O4S2/c1-7-2-3-9-8(6-7)12(13(16)19)15(24-9)17-14(20)10-4-5-11(23-10)18(21)22/h4-5,7H,2-3,6H2,1H3,(H2,16,19)(H,17,20)/t7-/m0/s1. The maximum atomic E-state index is 12.3. The molecular formula is C15H15N3O4S2. The molecule has 126 valence electrons. The van der Waals surface area contributed by atoms with E-state index in [9.17, 15) is 19.7 Å². The zero-order valence-electron chi connectivity index (χ0n) is 12.8. The molecule has 3 rings (SSSR count). The highest BCUT2D eigenvalue weighted by Gasteiger charge is 2.28. The molecule has 0 aliphatic heterocycles. The number of fused-ring (bicyclic) bond motifs is 1. The Kier molecular flexibility index (Phi) is 4.37. The fourth-order valence-corrected chi connectivity index (χ4v) is 4.78. The summed E-state index contributed by atoms with van der Waals surface area (Å²) in [6, 6.07) is 2.69. The van der Waals surface area contributed by atoms with E-state index < -0.39 is 16.7 Å². The third-order valence-corrected chi connectivity index (χ3v) is 6.22. The fraction of sp³-hybridized carbons (Fsp3) is 0.333. The van der Waals surface area contributed by atoms with Crippen molar-refractivity contribution in [2.75, 3.05) is 5.32 Å². The van der Waals surface area contributed by atoms with E-state index in [1.54, 1.807) is 0 Å². The fourth-order valence-electron chi connectivity index (χ4n) is 2.82. The number of thiophene rings is 2. The molecule has 0 radical (unpaired) electrons. The molecule has 2 amide bonds. The van der Waals surface area contributed by atoms with Crippen molar-refractivity contribution in [2.45, 2.75) is 26.2 Å². The summed E-state index contributed by atoms with van der Waals surface area (Å²) in [5.74, 6) is -0.565. The van der Waals surface area contributed by atoms with Gasteiger partial charge in [0.25, 0.3) is 11.8 Å². The molecule has 0 fully saturated rings. The van der Waals surface area contributed by atoms with Crippen LogP contribution in [-0.2, 0) is 12.8 Å². The summed E-state index contributed by atoms with van der Waals surface area (Å²) < 4.78 is 0. The van der Waals surface area contributed by atoms with E-state index in [1.165, 1.54) is 23.5 Å². The van der Waals surface area contributed by atoms with Crippen molar-refractivity contribution in [1.29, 1.82) is 0 Å². The largest absolute Gasteiger partial charge is 0.365 e. The molecule has 2 aromatic rings. The molecular weight excluding hydrogens is 350 g/mol. The van der Waals surface area contributed by atoms with Crippen LogP contribution >= 0.6 is 22.7 Å². The number of hydrogen-bond acceptors (Lipinski definition) is 6. The zero-order chi connectivity index (χ0) is 17.4. The maximum absolute atomic E-state index is 12.3. The number of nitro groups is 1. The summed E-state index contributed by atoms with van der Waals surface area (Å²) in [6.07, 6.45) is 2.67. The van der Waals surface area contributed by atoms with Crippen molar-refractivity contribution in [2.24, 2.45) is 11.7 Å². The second-order valence-electron chi connectivity index (χ2n) is 5.77. The van der Waals surface area contributed by atoms with Gasteiger partial charge in [0.05, 0.1) is 15.4 Å². The van der Waals surface area contributed by atoms with E-state index in [2.05, 4.69) is 12.2 Å². The topological polar surface area (TPSA) is 115 Å². The molecule has 1 atom stereocenters. The third-order valence-electron chi connectivity index (χ3n) is 3.98. The molecule has 9 heteroatoms. The van der Waals surface area contributed by atoms with Gasteiger partial charge in [-0.1, -0.05) is 18.3 Å². The Hall–Kier alpha value is -2.26. The molecule has 0 spiro atoms. The number of nitrogens with one attached hydrogen (secondary N) is 1. The Morgan fingerprint density at radius 1 is 1.38 bits per heavy atom.